The van der Waals surface area contributed by atoms with Crippen LogP contribution in [0.3, 0.4) is 0 Å². The zero-order valence-electron chi connectivity index (χ0n) is 24.8. The van der Waals surface area contributed by atoms with Gasteiger partial charge in [0.25, 0.3) is 0 Å². The van der Waals surface area contributed by atoms with Crippen LogP contribution in [0, 0.1) is 11.8 Å². The summed E-state index contributed by atoms with van der Waals surface area (Å²) >= 11 is 0. The van der Waals surface area contributed by atoms with Crippen molar-refractivity contribution < 1.29 is 24.2 Å². The Hall–Kier alpha value is -3.36. The molecular formula is C34H45N3O5. The lowest BCUT2D eigenvalue weighted by molar-refractivity contribution is -0.135. The second-order valence-corrected chi connectivity index (χ2v) is 12.1. The molecular weight excluding hydrogens is 530 g/mol. The predicted octanol–water partition coefficient (Wildman–Crippen LogP) is 4.82. The smallest absolute Gasteiger partial charge is 0.410 e. The van der Waals surface area contributed by atoms with Crippen molar-refractivity contribution >= 4 is 12.0 Å². The molecule has 226 valence electrons. The molecule has 1 aliphatic carbocycles. The van der Waals surface area contributed by atoms with E-state index in [0.717, 1.165) is 68.5 Å². The van der Waals surface area contributed by atoms with Gasteiger partial charge in [-0.15, -0.1) is 6.58 Å². The third-order valence-corrected chi connectivity index (χ3v) is 9.40. The van der Waals surface area contributed by atoms with Crippen molar-refractivity contribution in [1.29, 1.82) is 0 Å². The highest BCUT2D eigenvalue weighted by Crippen LogP contribution is 2.40. The maximum absolute atomic E-state index is 13.4. The van der Waals surface area contributed by atoms with E-state index < -0.39 is 5.60 Å². The van der Waals surface area contributed by atoms with Crippen molar-refractivity contribution in [1.82, 2.24) is 14.7 Å². The van der Waals surface area contributed by atoms with E-state index in [-0.39, 0.29) is 36.5 Å². The highest BCUT2D eigenvalue weighted by atomic mass is 16.6. The number of methoxy groups -OCH3 is 1. The summed E-state index contributed by atoms with van der Waals surface area (Å²) < 4.78 is 10.9. The zero-order valence-corrected chi connectivity index (χ0v) is 24.8. The van der Waals surface area contributed by atoms with Crippen molar-refractivity contribution in [2.75, 3.05) is 46.4 Å². The Balaban J connectivity index is 1.19. The van der Waals surface area contributed by atoms with Crippen LogP contribution < -0.4 is 4.74 Å². The first kappa shape index (κ1) is 30.1. The minimum atomic E-state index is -1.08. The number of hydrogen-bond acceptors (Lipinski definition) is 6. The summed E-state index contributed by atoms with van der Waals surface area (Å²) in [7, 11) is 1.62. The lowest BCUT2D eigenvalue weighted by Crippen LogP contribution is -2.50. The number of aliphatic hydroxyl groups is 1. The van der Waals surface area contributed by atoms with Gasteiger partial charge in [-0.25, -0.2) is 4.79 Å². The molecule has 42 heavy (non-hydrogen) atoms. The maximum Gasteiger partial charge on any atom is 0.410 e. The Kier molecular flexibility index (Phi) is 9.85. The van der Waals surface area contributed by atoms with E-state index in [4.69, 9.17) is 9.47 Å². The average Bonchev–Trinajstić information content (AvgIpc) is 3.69. The van der Waals surface area contributed by atoms with Gasteiger partial charge in [-0.3, -0.25) is 4.79 Å². The van der Waals surface area contributed by atoms with Crippen LogP contribution in [0.4, 0.5) is 4.79 Å². The third-order valence-electron chi connectivity index (χ3n) is 9.40. The summed E-state index contributed by atoms with van der Waals surface area (Å²) in [5.74, 6) is 0.981. The monoisotopic (exact) mass is 575 g/mol. The van der Waals surface area contributed by atoms with E-state index in [1.807, 2.05) is 59.5 Å². The highest BCUT2D eigenvalue weighted by molar-refractivity contribution is 5.79. The molecule has 1 N–H and O–H groups in total. The van der Waals surface area contributed by atoms with Gasteiger partial charge in [0.15, 0.2) is 0 Å². The van der Waals surface area contributed by atoms with E-state index in [0.29, 0.717) is 26.2 Å². The van der Waals surface area contributed by atoms with Gasteiger partial charge in [0, 0.05) is 50.6 Å². The largest absolute Gasteiger partial charge is 0.497 e. The number of ether oxygens (including phenoxy) is 2. The quantitative estimate of drug-likeness (QED) is 0.409. The number of nitrogens with zero attached hydrogens (tertiary/aromatic N) is 3. The molecule has 1 saturated carbocycles. The Morgan fingerprint density at radius 1 is 1.05 bits per heavy atom. The molecule has 2 aromatic rings. The number of amides is 2. The molecule has 5 rings (SSSR count). The fourth-order valence-electron chi connectivity index (χ4n) is 6.95. The third kappa shape index (κ3) is 6.81. The summed E-state index contributed by atoms with van der Waals surface area (Å²) in [5, 5.41) is 12.1. The van der Waals surface area contributed by atoms with Crippen molar-refractivity contribution in [3.05, 3.63) is 78.4 Å². The standard InChI is InChI=1S/C34H45N3O5/c1-3-19-37(33(39)42-24-26-13-15-31(41-2)16-14-26)30-17-20-35(21-18-30)22-29-23-36(32(38)27-9-7-8-10-27)25-34(29,40)28-11-5-4-6-12-28/h3-6,11-16,27,29-30,40H,1,7-10,17-25H2,2H3. The van der Waals surface area contributed by atoms with Crippen LogP contribution in [-0.4, -0.2) is 84.2 Å². The van der Waals surface area contributed by atoms with Crippen LogP contribution in [-0.2, 0) is 21.7 Å². The van der Waals surface area contributed by atoms with E-state index in [9.17, 15) is 14.7 Å². The molecule has 0 radical (unpaired) electrons. The number of carbonyl (C=O) groups excluding carboxylic acids is 2. The van der Waals surface area contributed by atoms with Crippen LogP contribution in [0.25, 0.3) is 0 Å². The molecule has 8 heteroatoms. The van der Waals surface area contributed by atoms with Gasteiger partial charge >= 0.3 is 6.09 Å². The van der Waals surface area contributed by atoms with Gasteiger partial charge in [0.1, 0.15) is 18.0 Å². The molecule has 0 spiro atoms. The molecule has 2 atom stereocenters. The highest BCUT2D eigenvalue weighted by Gasteiger charge is 2.49. The summed E-state index contributed by atoms with van der Waals surface area (Å²) in [6.07, 6.45) is 7.18. The Bertz CT molecular complexity index is 1190. The minimum absolute atomic E-state index is 0.0552. The Morgan fingerprint density at radius 3 is 2.38 bits per heavy atom. The molecule has 2 amide bonds. The second kappa shape index (κ2) is 13.7. The molecule has 2 saturated heterocycles. The summed E-state index contributed by atoms with van der Waals surface area (Å²) in [6, 6.07) is 17.4. The topological polar surface area (TPSA) is 82.6 Å². The van der Waals surface area contributed by atoms with Crippen molar-refractivity contribution in [2.24, 2.45) is 11.8 Å². The van der Waals surface area contributed by atoms with Gasteiger partial charge in [-0.05, 0) is 48.9 Å². The molecule has 2 aliphatic heterocycles. The minimum Gasteiger partial charge on any atom is -0.497 e. The lowest BCUT2D eigenvalue weighted by atomic mass is 9.83. The summed E-state index contributed by atoms with van der Waals surface area (Å²) in [6.45, 7) is 7.73. The number of β-amino-alcohol motifs (C(OH)–C–C–N with tert-alkyl or cyclic N) is 1. The first-order valence-electron chi connectivity index (χ1n) is 15.4. The Morgan fingerprint density at radius 2 is 1.74 bits per heavy atom. The van der Waals surface area contributed by atoms with E-state index in [1.54, 1.807) is 18.1 Å². The average molecular weight is 576 g/mol. The van der Waals surface area contributed by atoms with Crippen molar-refractivity contribution in [2.45, 2.75) is 56.8 Å². The van der Waals surface area contributed by atoms with Gasteiger partial charge in [0.2, 0.25) is 5.91 Å². The fraction of sp³-hybridized carbons (Fsp3) is 0.529. The summed E-state index contributed by atoms with van der Waals surface area (Å²) in [4.78, 5) is 32.5. The normalized spacial score (nSPS) is 23.6. The molecule has 3 aliphatic rings. The molecule has 2 aromatic carbocycles. The van der Waals surface area contributed by atoms with Gasteiger partial charge < -0.3 is 29.3 Å². The van der Waals surface area contributed by atoms with Crippen LogP contribution in [0.2, 0.25) is 0 Å². The van der Waals surface area contributed by atoms with Gasteiger partial charge in [0.05, 0.1) is 13.7 Å². The second-order valence-electron chi connectivity index (χ2n) is 12.1. The van der Waals surface area contributed by atoms with Crippen LogP contribution >= 0.6 is 0 Å². The van der Waals surface area contributed by atoms with E-state index >= 15 is 0 Å². The molecule has 8 nitrogen and oxygen atoms in total. The number of rotatable bonds is 10. The molecule has 0 aromatic heterocycles. The molecule has 2 unspecified atom stereocenters. The lowest BCUT2D eigenvalue weighted by Gasteiger charge is -2.40. The zero-order chi connectivity index (χ0) is 29.5. The number of likely N-dealkylation sites (tertiary alicyclic amines) is 2. The molecule has 2 heterocycles. The van der Waals surface area contributed by atoms with Crippen molar-refractivity contribution in [3.63, 3.8) is 0 Å². The molecule has 0 bridgehead atoms. The first-order valence-corrected chi connectivity index (χ1v) is 15.4. The van der Waals surface area contributed by atoms with Crippen LogP contribution in [0.1, 0.15) is 49.7 Å². The van der Waals surface area contributed by atoms with E-state index in [2.05, 4.69) is 11.5 Å². The number of piperidine rings is 1. The van der Waals surface area contributed by atoms with Crippen molar-refractivity contribution in [3.8, 4) is 5.75 Å². The first-order chi connectivity index (χ1) is 20.4. The summed E-state index contributed by atoms with van der Waals surface area (Å²) in [5.41, 5.74) is 0.704. The number of carbonyl (C=O) groups is 2. The van der Waals surface area contributed by atoms with Gasteiger partial charge in [-0.1, -0.05) is 61.4 Å². The Labute approximate surface area is 249 Å². The van der Waals surface area contributed by atoms with Gasteiger partial charge in [-0.2, -0.15) is 0 Å². The number of benzene rings is 2. The molecule has 3 fully saturated rings. The fourth-order valence-corrected chi connectivity index (χ4v) is 6.95. The SMILES string of the molecule is C=CCN(C(=O)OCc1ccc(OC)cc1)C1CCN(CC2CN(C(=O)C3CCCC3)CC2(O)c2ccccc2)CC1. The number of hydrogen-bond donors (Lipinski definition) is 1. The van der Waals surface area contributed by atoms with E-state index in [1.165, 1.54) is 0 Å². The van der Waals surface area contributed by atoms with Crippen LogP contribution in [0.5, 0.6) is 5.75 Å². The van der Waals surface area contributed by atoms with Crippen LogP contribution in [0.15, 0.2) is 67.3 Å². The maximum atomic E-state index is 13.4. The predicted molar refractivity (Wildman–Crippen MR) is 162 cm³/mol.